The van der Waals surface area contributed by atoms with Gasteiger partial charge in [0, 0.05) is 6.66 Å². The van der Waals surface area contributed by atoms with Crippen LogP contribution in [0.5, 0.6) is 0 Å². The van der Waals surface area contributed by atoms with Gasteiger partial charge < -0.3 is 9.05 Å². The van der Waals surface area contributed by atoms with Crippen LogP contribution in [0.3, 0.4) is 0 Å². The standard InChI is InChI=1S/C5H13O2P.H3P/c1-4-6-8(3)7-5-2;/h4-5H2,1-3H3;1H3. The van der Waals surface area contributed by atoms with Gasteiger partial charge in [0.15, 0.2) is 8.38 Å². The van der Waals surface area contributed by atoms with Crippen molar-refractivity contribution >= 4 is 18.3 Å². The zero-order chi connectivity index (χ0) is 6.41. The third-order valence-electron chi connectivity index (χ3n) is 0.622. The molecule has 0 aliphatic carbocycles. The van der Waals surface area contributed by atoms with Crippen LogP contribution in [-0.4, -0.2) is 19.9 Å². The molecule has 0 rings (SSSR count). The van der Waals surface area contributed by atoms with Crippen molar-refractivity contribution in [1.82, 2.24) is 0 Å². The van der Waals surface area contributed by atoms with Gasteiger partial charge in [0.25, 0.3) is 0 Å². The summed E-state index contributed by atoms with van der Waals surface area (Å²) in [6, 6.07) is 0. The fraction of sp³-hybridized carbons (Fsp3) is 1.00. The third kappa shape index (κ3) is 8.78. The predicted molar refractivity (Wildman–Crippen MR) is 47.2 cm³/mol. The lowest BCUT2D eigenvalue weighted by atomic mass is 10.9. The van der Waals surface area contributed by atoms with E-state index in [-0.39, 0.29) is 9.90 Å². The van der Waals surface area contributed by atoms with Gasteiger partial charge in [-0.3, -0.25) is 0 Å². The molecule has 0 spiro atoms. The summed E-state index contributed by atoms with van der Waals surface area (Å²) in [5, 5.41) is 0. The molecule has 0 aliphatic rings. The second kappa shape index (κ2) is 8.78. The van der Waals surface area contributed by atoms with Crippen molar-refractivity contribution in [3.8, 4) is 0 Å². The highest BCUT2D eigenvalue weighted by molar-refractivity contribution is 7.46. The average Bonchev–Trinajstić information content (AvgIpc) is 1.68. The molecule has 4 heteroatoms. The minimum absolute atomic E-state index is 0. The fourth-order valence-corrected chi connectivity index (χ4v) is 1.20. The Balaban J connectivity index is 0. The van der Waals surface area contributed by atoms with Crippen LogP contribution >= 0.6 is 18.3 Å². The lowest BCUT2D eigenvalue weighted by molar-refractivity contribution is 0.274. The van der Waals surface area contributed by atoms with E-state index < -0.39 is 8.38 Å². The molecule has 0 amide bonds. The molecule has 0 aromatic heterocycles. The maximum absolute atomic E-state index is 5.12. The molecule has 0 N–H and O–H groups in total. The van der Waals surface area contributed by atoms with Gasteiger partial charge in [0.05, 0.1) is 13.2 Å². The molecule has 0 heterocycles. The normalized spacial score (nSPS) is 9.33. The highest BCUT2D eigenvalue weighted by Gasteiger charge is 1.96. The number of hydrogen-bond acceptors (Lipinski definition) is 2. The van der Waals surface area contributed by atoms with Crippen LogP contribution in [0.1, 0.15) is 13.8 Å². The van der Waals surface area contributed by atoms with Gasteiger partial charge in [0.2, 0.25) is 0 Å². The first-order valence-corrected chi connectivity index (χ1v) is 4.43. The van der Waals surface area contributed by atoms with Gasteiger partial charge in [-0.15, -0.1) is 0 Å². The average molecular weight is 170 g/mol. The quantitative estimate of drug-likeness (QED) is 0.601. The zero-order valence-electron chi connectivity index (χ0n) is 6.39. The van der Waals surface area contributed by atoms with Crippen LogP contribution in [0.4, 0.5) is 0 Å². The summed E-state index contributed by atoms with van der Waals surface area (Å²) in [5.41, 5.74) is 0. The van der Waals surface area contributed by atoms with E-state index in [9.17, 15) is 0 Å². The van der Waals surface area contributed by atoms with Crippen molar-refractivity contribution in [3.05, 3.63) is 0 Å². The van der Waals surface area contributed by atoms with Crippen LogP contribution < -0.4 is 0 Å². The van der Waals surface area contributed by atoms with E-state index in [1.165, 1.54) is 0 Å². The van der Waals surface area contributed by atoms with Crippen molar-refractivity contribution in [2.75, 3.05) is 19.9 Å². The first kappa shape index (κ1) is 12.5. The van der Waals surface area contributed by atoms with Crippen LogP contribution in [0.15, 0.2) is 0 Å². The van der Waals surface area contributed by atoms with E-state index in [1.807, 2.05) is 20.5 Å². The van der Waals surface area contributed by atoms with Gasteiger partial charge >= 0.3 is 0 Å². The molecular weight excluding hydrogens is 154 g/mol. The Morgan fingerprint density at radius 1 is 1.11 bits per heavy atom. The Hall–Kier alpha value is 0.780. The molecule has 0 fully saturated rings. The molecular formula is C5H16O2P2. The molecule has 0 aromatic carbocycles. The van der Waals surface area contributed by atoms with Crippen LogP contribution in [0.2, 0.25) is 0 Å². The minimum atomic E-state index is -0.581. The van der Waals surface area contributed by atoms with Crippen molar-refractivity contribution in [2.24, 2.45) is 0 Å². The van der Waals surface area contributed by atoms with Crippen molar-refractivity contribution in [2.45, 2.75) is 13.8 Å². The maximum atomic E-state index is 5.12. The first-order valence-electron chi connectivity index (χ1n) is 2.80. The SMILES string of the molecule is CCOP(C)OCC.P. The minimum Gasteiger partial charge on any atom is -0.335 e. The van der Waals surface area contributed by atoms with Crippen molar-refractivity contribution < 1.29 is 9.05 Å². The molecule has 9 heavy (non-hydrogen) atoms. The topological polar surface area (TPSA) is 18.5 Å². The molecule has 1 unspecified atom stereocenters. The van der Waals surface area contributed by atoms with Gasteiger partial charge in [0.1, 0.15) is 0 Å². The fourth-order valence-electron chi connectivity index (χ4n) is 0.401. The maximum Gasteiger partial charge on any atom is 0.167 e. The highest BCUT2D eigenvalue weighted by atomic mass is 31.2. The Bertz CT molecular complexity index is 46.2. The number of hydrogen-bond donors (Lipinski definition) is 0. The molecule has 0 saturated heterocycles. The Kier molecular flexibility index (Phi) is 12.2. The van der Waals surface area contributed by atoms with Crippen molar-refractivity contribution in [3.63, 3.8) is 0 Å². The Morgan fingerprint density at radius 2 is 1.44 bits per heavy atom. The van der Waals surface area contributed by atoms with E-state index in [0.717, 1.165) is 13.2 Å². The molecule has 0 aromatic rings. The molecule has 0 aliphatic heterocycles. The summed E-state index contributed by atoms with van der Waals surface area (Å²) in [6.45, 7) is 7.41. The van der Waals surface area contributed by atoms with E-state index in [0.29, 0.717) is 0 Å². The second-order valence-electron chi connectivity index (χ2n) is 1.28. The lowest BCUT2D eigenvalue weighted by Crippen LogP contribution is -1.87. The van der Waals surface area contributed by atoms with Crippen LogP contribution in [0, 0.1) is 0 Å². The smallest absolute Gasteiger partial charge is 0.167 e. The Morgan fingerprint density at radius 3 is 1.67 bits per heavy atom. The predicted octanol–water partition coefficient (Wildman–Crippen LogP) is 2.06. The van der Waals surface area contributed by atoms with E-state index in [1.54, 1.807) is 0 Å². The molecule has 0 radical (unpaired) electrons. The molecule has 1 atom stereocenters. The summed E-state index contributed by atoms with van der Waals surface area (Å²) in [6.07, 6.45) is 0. The Labute approximate surface area is 61.8 Å². The van der Waals surface area contributed by atoms with Gasteiger partial charge in [-0.25, -0.2) is 0 Å². The number of rotatable bonds is 4. The largest absolute Gasteiger partial charge is 0.335 e. The molecule has 2 nitrogen and oxygen atoms in total. The molecule has 58 valence electrons. The summed E-state index contributed by atoms with van der Waals surface area (Å²) < 4.78 is 10.2. The monoisotopic (exact) mass is 170 g/mol. The first-order chi connectivity index (χ1) is 3.81. The summed E-state index contributed by atoms with van der Waals surface area (Å²) >= 11 is 0. The van der Waals surface area contributed by atoms with Gasteiger partial charge in [-0.05, 0) is 13.8 Å². The summed E-state index contributed by atoms with van der Waals surface area (Å²) in [4.78, 5) is 0. The lowest BCUT2D eigenvalue weighted by Gasteiger charge is -2.08. The van der Waals surface area contributed by atoms with E-state index in [4.69, 9.17) is 9.05 Å². The molecule has 0 bridgehead atoms. The van der Waals surface area contributed by atoms with Crippen LogP contribution in [0.25, 0.3) is 0 Å². The van der Waals surface area contributed by atoms with Crippen LogP contribution in [-0.2, 0) is 9.05 Å². The molecule has 0 saturated carbocycles. The van der Waals surface area contributed by atoms with E-state index in [2.05, 4.69) is 0 Å². The second-order valence-corrected chi connectivity index (χ2v) is 2.67. The zero-order valence-corrected chi connectivity index (χ0v) is 8.69. The van der Waals surface area contributed by atoms with Gasteiger partial charge in [-0.1, -0.05) is 0 Å². The highest BCUT2D eigenvalue weighted by Crippen LogP contribution is 2.32. The van der Waals surface area contributed by atoms with Gasteiger partial charge in [-0.2, -0.15) is 9.90 Å². The van der Waals surface area contributed by atoms with Crippen molar-refractivity contribution in [1.29, 1.82) is 0 Å². The third-order valence-corrected chi connectivity index (χ3v) is 1.87. The summed E-state index contributed by atoms with van der Waals surface area (Å²) in [7, 11) is -0.581. The summed E-state index contributed by atoms with van der Waals surface area (Å²) in [5.74, 6) is 0. The van der Waals surface area contributed by atoms with E-state index >= 15 is 0 Å².